The third-order valence-corrected chi connectivity index (χ3v) is 6.48. The van der Waals surface area contributed by atoms with Gasteiger partial charge < -0.3 is 0 Å². The molecule has 136 valence electrons. The zero-order valence-electron chi connectivity index (χ0n) is 15.8. The standard InChI is InChI=1S/C20H32O3S/c1-6-7-8-14-24(22,23)15-16(2)10-9-11-18-17(3)19(21)12-13-20(18,4)5/h9-11H,6-8,12-15H2,1-5H3/b11-9+,16-10+. The van der Waals surface area contributed by atoms with Crippen LogP contribution in [0.2, 0.25) is 0 Å². The summed E-state index contributed by atoms with van der Waals surface area (Å²) < 4.78 is 24.1. The molecule has 1 aliphatic rings. The normalized spacial score (nSPS) is 19.4. The summed E-state index contributed by atoms with van der Waals surface area (Å²) in [6.07, 6.45) is 9.90. The van der Waals surface area contributed by atoms with E-state index in [0.717, 1.165) is 42.4 Å². The van der Waals surface area contributed by atoms with Crippen LogP contribution in [0.3, 0.4) is 0 Å². The van der Waals surface area contributed by atoms with Gasteiger partial charge in [-0.25, -0.2) is 8.42 Å². The number of sulfone groups is 1. The van der Waals surface area contributed by atoms with Crippen LogP contribution in [-0.4, -0.2) is 25.7 Å². The fourth-order valence-corrected chi connectivity index (χ4v) is 4.68. The SMILES string of the molecule is CCCCCS(=O)(=O)C/C(C)=C/C=C/C1=C(C)C(=O)CCC1(C)C. The van der Waals surface area contributed by atoms with Crippen LogP contribution in [0.4, 0.5) is 0 Å². The van der Waals surface area contributed by atoms with Crippen molar-refractivity contribution in [2.75, 3.05) is 11.5 Å². The molecule has 0 spiro atoms. The molecular formula is C20H32O3S. The lowest BCUT2D eigenvalue weighted by Gasteiger charge is -2.32. The third kappa shape index (κ3) is 6.39. The van der Waals surface area contributed by atoms with Gasteiger partial charge in [-0.05, 0) is 43.3 Å². The van der Waals surface area contributed by atoms with E-state index in [0.29, 0.717) is 6.42 Å². The molecule has 24 heavy (non-hydrogen) atoms. The van der Waals surface area contributed by atoms with Crippen LogP contribution in [0.5, 0.6) is 0 Å². The maximum Gasteiger partial charge on any atom is 0.158 e. The summed E-state index contributed by atoms with van der Waals surface area (Å²) in [6.45, 7) is 10.1. The highest BCUT2D eigenvalue weighted by Crippen LogP contribution is 2.39. The molecular weight excluding hydrogens is 320 g/mol. The summed E-state index contributed by atoms with van der Waals surface area (Å²) in [4.78, 5) is 11.9. The van der Waals surface area contributed by atoms with Gasteiger partial charge in [0.05, 0.1) is 11.5 Å². The quantitative estimate of drug-likeness (QED) is 0.466. The van der Waals surface area contributed by atoms with Gasteiger partial charge in [-0.2, -0.15) is 0 Å². The van der Waals surface area contributed by atoms with Crippen LogP contribution in [0, 0.1) is 5.41 Å². The molecule has 0 unspecified atom stereocenters. The van der Waals surface area contributed by atoms with Gasteiger partial charge >= 0.3 is 0 Å². The number of hydrogen-bond acceptors (Lipinski definition) is 3. The van der Waals surface area contributed by atoms with E-state index in [1.807, 2.05) is 32.1 Å². The minimum atomic E-state index is -3.02. The molecule has 0 atom stereocenters. The fraction of sp³-hybridized carbons (Fsp3) is 0.650. The monoisotopic (exact) mass is 352 g/mol. The molecule has 0 aliphatic heterocycles. The van der Waals surface area contributed by atoms with Crippen LogP contribution in [0.25, 0.3) is 0 Å². The van der Waals surface area contributed by atoms with Crippen molar-refractivity contribution in [1.29, 1.82) is 0 Å². The largest absolute Gasteiger partial charge is 0.295 e. The first kappa shape index (κ1) is 20.9. The summed E-state index contributed by atoms with van der Waals surface area (Å²) in [5.41, 5.74) is 2.72. The smallest absolute Gasteiger partial charge is 0.158 e. The first-order valence-corrected chi connectivity index (χ1v) is 10.7. The van der Waals surface area contributed by atoms with E-state index >= 15 is 0 Å². The molecule has 0 N–H and O–H groups in total. The van der Waals surface area contributed by atoms with Crippen LogP contribution in [0.1, 0.15) is 66.7 Å². The molecule has 0 aromatic heterocycles. The van der Waals surface area contributed by atoms with Gasteiger partial charge in [-0.15, -0.1) is 0 Å². The highest BCUT2D eigenvalue weighted by atomic mass is 32.2. The van der Waals surface area contributed by atoms with E-state index in [-0.39, 0.29) is 22.7 Å². The summed E-state index contributed by atoms with van der Waals surface area (Å²) in [5.74, 6) is 0.594. The first-order chi connectivity index (χ1) is 11.1. The van der Waals surface area contributed by atoms with Crippen molar-refractivity contribution in [2.24, 2.45) is 5.41 Å². The second-order valence-corrected chi connectivity index (χ2v) is 9.70. The van der Waals surface area contributed by atoms with E-state index < -0.39 is 9.84 Å². The number of hydrogen-bond donors (Lipinski definition) is 0. The van der Waals surface area contributed by atoms with Gasteiger partial charge in [-0.1, -0.05) is 57.4 Å². The van der Waals surface area contributed by atoms with Crippen molar-refractivity contribution in [3.05, 3.63) is 34.9 Å². The van der Waals surface area contributed by atoms with Crippen LogP contribution < -0.4 is 0 Å². The minimum Gasteiger partial charge on any atom is -0.295 e. The highest BCUT2D eigenvalue weighted by Gasteiger charge is 2.30. The van der Waals surface area contributed by atoms with Crippen molar-refractivity contribution >= 4 is 15.6 Å². The zero-order valence-corrected chi connectivity index (χ0v) is 16.6. The molecule has 0 fully saturated rings. The Labute approximate surface area is 147 Å². The lowest BCUT2D eigenvalue weighted by Crippen LogP contribution is -2.24. The van der Waals surface area contributed by atoms with E-state index in [2.05, 4.69) is 20.8 Å². The molecule has 0 saturated heterocycles. The molecule has 0 amide bonds. The number of allylic oxidation sites excluding steroid dienone is 5. The second kappa shape index (κ2) is 8.80. The minimum absolute atomic E-state index is 0.0114. The average Bonchev–Trinajstić information content (AvgIpc) is 2.46. The van der Waals surface area contributed by atoms with Gasteiger partial charge in [-0.3, -0.25) is 4.79 Å². The van der Waals surface area contributed by atoms with Gasteiger partial charge in [0, 0.05) is 6.42 Å². The Hall–Kier alpha value is -1.16. The zero-order chi connectivity index (χ0) is 18.4. The predicted molar refractivity (Wildman–Crippen MR) is 102 cm³/mol. The summed E-state index contributed by atoms with van der Waals surface area (Å²) in [5, 5.41) is 0. The van der Waals surface area contributed by atoms with Crippen LogP contribution >= 0.6 is 0 Å². The van der Waals surface area contributed by atoms with Gasteiger partial charge in [0.25, 0.3) is 0 Å². The van der Waals surface area contributed by atoms with Crippen molar-refractivity contribution in [2.45, 2.75) is 66.7 Å². The third-order valence-electron chi connectivity index (χ3n) is 4.68. The number of unbranched alkanes of at least 4 members (excludes halogenated alkanes) is 2. The Bertz CT molecular complexity index is 646. The molecule has 0 heterocycles. The summed E-state index contributed by atoms with van der Waals surface area (Å²) in [7, 11) is -3.02. The topological polar surface area (TPSA) is 51.2 Å². The molecule has 0 bridgehead atoms. The fourth-order valence-electron chi connectivity index (χ4n) is 3.10. The highest BCUT2D eigenvalue weighted by molar-refractivity contribution is 7.91. The number of rotatable bonds is 8. The van der Waals surface area contributed by atoms with E-state index in [4.69, 9.17) is 0 Å². The molecule has 3 nitrogen and oxygen atoms in total. The van der Waals surface area contributed by atoms with Gasteiger partial charge in [0.15, 0.2) is 15.6 Å². The summed E-state index contributed by atoms with van der Waals surface area (Å²) in [6, 6.07) is 0. The lowest BCUT2D eigenvalue weighted by atomic mass is 9.72. The van der Waals surface area contributed by atoms with Crippen molar-refractivity contribution in [3.8, 4) is 0 Å². The van der Waals surface area contributed by atoms with Crippen LogP contribution in [-0.2, 0) is 14.6 Å². The number of Topliss-reactive ketones (excluding diaryl/α,β-unsaturated/α-hetero) is 1. The lowest BCUT2D eigenvalue weighted by molar-refractivity contribution is -0.116. The molecule has 0 aromatic rings. The average molecular weight is 353 g/mol. The Kier molecular flexibility index (Phi) is 7.65. The molecule has 4 heteroatoms. The van der Waals surface area contributed by atoms with Crippen LogP contribution in [0.15, 0.2) is 34.9 Å². The number of carbonyl (C=O) groups excluding carboxylic acids is 1. The molecule has 0 aromatic carbocycles. The Morgan fingerprint density at radius 1 is 1.25 bits per heavy atom. The maximum atomic E-state index is 12.1. The Morgan fingerprint density at radius 2 is 1.92 bits per heavy atom. The molecule has 1 aliphatic carbocycles. The predicted octanol–water partition coefficient (Wildman–Crippen LogP) is 4.80. The second-order valence-electron chi connectivity index (χ2n) is 7.52. The number of ketones is 1. The molecule has 0 saturated carbocycles. The first-order valence-electron chi connectivity index (χ1n) is 8.88. The van der Waals surface area contributed by atoms with E-state index in [1.165, 1.54) is 0 Å². The summed E-state index contributed by atoms with van der Waals surface area (Å²) >= 11 is 0. The Balaban J connectivity index is 2.78. The van der Waals surface area contributed by atoms with E-state index in [9.17, 15) is 13.2 Å². The van der Waals surface area contributed by atoms with E-state index in [1.54, 1.807) is 0 Å². The van der Waals surface area contributed by atoms with Gasteiger partial charge in [0.1, 0.15) is 0 Å². The molecule has 0 radical (unpaired) electrons. The van der Waals surface area contributed by atoms with Crippen molar-refractivity contribution in [3.63, 3.8) is 0 Å². The molecule has 1 rings (SSSR count). The van der Waals surface area contributed by atoms with Crippen molar-refractivity contribution < 1.29 is 13.2 Å². The Morgan fingerprint density at radius 3 is 2.54 bits per heavy atom. The maximum absolute atomic E-state index is 12.1. The van der Waals surface area contributed by atoms with Crippen molar-refractivity contribution in [1.82, 2.24) is 0 Å². The number of carbonyl (C=O) groups is 1. The van der Waals surface area contributed by atoms with Gasteiger partial charge in [0.2, 0.25) is 0 Å².